The number of nitrogens with one attached hydrogen (secondary N) is 1. The summed E-state index contributed by atoms with van der Waals surface area (Å²) in [7, 11) is 0. The van der Waals surface area contributed by atoms with Gasteiger partial charge in [0.2, 0.25) is 6.79 Å². The van der Waals surface area contributed by atoms with Crippen LogP contribution in [0.5, 0.6) is 11.5 Å². The third-order valence-corrected chi connectivity index (χ3v) is 4.80. The lowest BCUT2D eigenvalue weighted by atomic mass is 10.1. The highest BCUT2D eigenvalue weighted by Crippen LogP contribution is 2.32. The first-order valence-corrected chi connectivity index (χ1v) is 7.94. The van der Waals surface area contributed by atoms with Gasteiger partial charge in [0, 0.05) is 45.3 Å². The van der Waals surface area contributed by atoms with Crippen LogP contribution < -0.4 is 14.8 Å². The molecule has 21 heavy (non-hydrogen) atoms. The standard InChI is InChI=1S/C16H23N3O2/c1-2-15-16(21-12-20-15)9-13(1)11-18-5-7-19(8-6-18)14-3-4-17-10-14/h1-2,9,14,17H,3-8,10-12H2. The summed E-state index contributed by atoms with van der Waals surface area (Å²) in [6, 6.07) is 7.06. The van der Waals surface area contributed by atoms with Crippen molar-refractivity contribution in [2.75, 3.05) is 46.1 Å². The Hall–Kier alpha value is -1.30. The number of ether oxygens (including phenoxy) is 2. The Labute approximate surface area is 125 Å². The van der Waals surface area contributed by atoms with Gasteiger partial charge in [0.25, 0.3) is 0 Å². The third kappa shape index (κ3) is 2.86. The van der Waals surface area contributed by atoms with Gasteiger partial charge in [-0.2, -0.15) is 0 Å². The molecule has 3 aliphatic rings. The zero-order valence-corrected chi connectivity index (χ0v) is 12.4. The van der Waals surface area contributed by atoms with Crippen LogP contribution in [0, 0.1) is 0 Å². The van der Waals surface area contributed by atoms with Crippen molar-refractivity contribution >= 4 is 0 Å². The fraction of sp³-hybridized carbons (Fsp3) is 0.625. The maximum atomic E-state index is 5.46. The zero-order valence-electron chi connectivity index (χ0n) is 12.4. The van der Waals surface area contributed by atoms with Gasteiger partial charge in [-0.3, -0.25) is 9.80 Å². The van der Waals surface area contributed by atoms with E-state index in [9.17, 15) is 0 Å². The average molecular weight is 289 g/mol. The van der Waals surface area contributed by atoms with Crippen molar-refractivity contribution in [1.29, 1.82) is 0 Å². The molecule has 4 rings (SSSR count). The highest BCUT2D eigenvalue weighted by molar-refractivity contribution is 5.44. The maximum Gasteiger partial charge on any atom is 0.231 e. The Kier molecular flexibility index (Phi) is 3.71. The molecule has 0 aliphatic carbocycles. The van der Waals surface area contributed by atoms with Gasteiger partial charge >= 0.3 is 0 Å². The number of hydrogen-bond acceptors (Lipinski definition) is 5. The van der Waals surface area contributed by atoms with Crippen LogP contribution in [0.1, 0.15) is 12.0 Å². The quantitative estimate of drug-likeness (QED) is 0.894. The minimum atomic E-state index is 0.354. The summed E-state index contributed by atoms with van der Waals surface area (Å²) in [5.41, 5.74) is 1.32. The van der Waals surface area contributed by atoms with Gasteiger partial charge in [-0.1, -0.05) is 6.07 Å². The van der Waals surface area contributed by atoms with E-state index in [1.807, 2.05) is 6.07 Å². The smallest absolute Gasteiger partial charge is 0.231 e. The largest absolute Gasteiger partial charge is 0.454 e. The zero-order chi connectivity index (χ0) is 14.1. The summed E-state index contributed by atoms with van der Waals surface area (Å²) >= 11 is 0. The highest BCUT2D eigenvalue weighted by atomic mass is 16.7. The molecule has 0 radical (unpaired) electrons. The molecular weight excluding hydrogens is 266 g/mol. The molecule has 1 aromatic carbocycles. The monoisotopic (exact) mass is 289 g/mol. The molecule has 2 fully saturated rings. The van der Waals surface area contributed by atoms with Gasteiger partial charge in [-0.25, -0.2) is 0 Å². The maximum absolute atomic E-state index is 5.46. The second-order valence-electron chi connectivity index (χ2n) is 6.15. The molecule has 0 spiro atoms. The molecular formula is C16H23N3O2. The SMILES string of the molecule is c1cc2c(cc1CN1CCN(C3CCNC3)CC1)OCO2. The molecule has 1 aromatic rings. The molecule has 1 unspecified atom stereocenters. The van der Waals surface area contributed by atoms with Crippen LogP contribution in [0.25, 0.3) is 0 Å². The van der Waals surface area contributed by atoms with E-state index in [1.165, 1.54) is 38.2 Å². The highest BCUT2D eigenvalue weighted by Gasteiger charge is 2.26. The molecule has 0 saturated carbocycles. The van der Waals surface area contributed by atoms with E-state index in [0.29, 0.717) is 6.79 Å². The molecule has 0 bridgehead atoms. The Morgan fingerprint density at radius 2 is 1.95 bits per heavy atom. The van der Waals surface area contributed by atoms with E-state index in [2.05, 4.69) is 27.2 Å². The van der Waals surface area contributed by atoms with Gasteiger partial charge in [0.05, 0.1) is 0 Å². The minimum Gasteiger partial charge on any atom is -0.454 e. The van der Waals surface area contributed by atoms with E-state index in [4.69, 9.17) is 9.47 Å². The Morgan fingerprint density at radius 1 is 1.10 bits per heavy atom. The predicted molar refractivity (Wildman–Crippen MR) is 80.7 cm³/mol. The van der Waals surface area contributed by atoms with Gasteiger partial charge < -0.3 is 14.8 Å². The summed E-state index contributed by atoms with van der Waals surface area (Å²) in [5.74, 6) is 1.76. The lowest BCUT2D eigenvalue weighted by molar-refractivity contribution is 0.0981. The fourth-order valence-corrected chi connectivity index (χ4v) is 3.54. The van der Waals surface area contributed by atoms with Crippen molar-refractivity contribution in [3.8, 4) is 11.5 Å². The number of benzene rings is 1. The second-order valence-corrected chi connectivity index (χ2v) is 6.15. The molecule has 3 aliphatic heterocycles. The van der Waals surface area contributed by atoms with Gasteiger partial charge in [0.15, 0.2) is 11.5 Å². The summed E-state index contributed by atoms with van der Waals surface area (Å²) in [4.78, 5) is 5.19. The van der Waals surface area contributed by atoms with Gasteiger partial charge in [-0.15, -0.1) is 0 Å². The molecule has 0 amide bonds. The lowest BCUT2D eigenvalue weighted by Gasteiger charge is -2.37. The molecule has 114 valence electrons. The Bertz CT molecular complexity index is 494. The first-order chi connectivity index (χ1) is 10.4. The van der Waals surface area contributed by atoms with Gasteiger partial charge in [-0.05, 0) is 30.7 Å². The Morgan fingerprint density at radius 3 is 2.76 bits per heavy atom. The van der Waals surface area contributed by atoms with Crippen molar-refractivity contribution in [3.05, 3.63) is 23.8 Å². The molecule has 3 heterocycles. The first kappa shape index (κ1) is 13.4. The lowest BCUT2D eigenvalue weighted by Crippen LogP contribution is -2.50. The van der Waals surface area contributed by atoms with Crippen LogP contribution in [0.3, 0.4) is 0 Å². The Balaban J connectivity index is 1.32. The van der Waals surface area contributed by atoms with Crippen molar-refractivity contribution in [2.45, 2.75) is 19.0 Å². The summed E-state index contributed by atoms with van der Waals surface area (Å²) < 4.78 is 10.8. The normalized spacial score (nSPS) is 26.4. The summed E-state index contributed by atoms with van der Waals surface area (Å²) in [5, 5.41) is 3.46. The number of nitrogens with zero attached hydrogens (tertiary/aromatic N) is 2. The van der Waals surface area contributed by atoms with Crippen LogP contribution in [0.15, 0.2) is 18.2 Å². The van der Waals surface area contributed by atoms with E-state index in [-0.39, 0.29) is 0 Å². The van der Waals surface area contributed by atoms with E-state index < -0.39 is 0 Å². The number of piperazine rings is 1. The van der Waals surface area contributed by atoms with Crippen molar-refractivity contribution in [1.82, 2.24) is 15.1 Å². The van der Waals surface area contributed by atoms with E-state index in [1.54, 1.807) is 0 Å². The van der Waals surface area contributed by atoms with Crippen molar-refractivity contribution < 1.29 is 9.47 Å². The molecule has 2 saturated heterocycles. The number of fused-ring (bicyclic) bond motifs is 1. The average Bonchev–Trinajstić information content (AvgIpc) is 3.19. The fourth-order valence-electron chi connectivity index (χ4n) is 3.54. The van der Waals surface area contributed by atoms with Crippen LogP contribution in [-0.2, 0) is 6.54 Å². The minimum absolute atomic E-state index is 0.354. The summed E-state index contributed by atoms with van der Waals surface area (Å²) in [6.45, 7) is 8.41. The molecule has 5 heteroatoms. The van der Waals surface area contributed by atoms with Crippen LogP contribution >= 0.6 is 0 Å². The molecule has 5 nitrogen and oxygen atoms in total. The van der Waals surface area contributed by atoms with E-state index >= 15 is 0 Å². The topological polar surface area (TPSA) is 37.0 Å². The third-order valence-electron chi connectivity index (χ3n) is 4.80. The molecule has 1 atom stereocenters. The predicted octanol–water partition coefficient (Wildman–Crippen LogP) is 0.895. The van der Waals surface area contributed by atoms with Crippen LogP contribution in [0.2, 0.25) is 0 Å². The molecule has 0 aromatic heterocycles. The number of rotatable bonds is 3. The van der Waals surface area contributed by atoms with Crippen molar-refractivity contribution in [3.63, 3.8) is 0 Å². The summed E-state index contributed by atoms with van der Waals surface area (Å²) in [6.07, 6.45) is 1.31. The molecule has 1 N–H and O–H groups in total. The van der Waals surface area contributed by atoms with Crippen LogP contribution in [0.4, 0.5) is 0 Å². The van der Waals surface area contributed by atoms with Crippen LogP contribution in [-0.4, -0.2) is 61.9 Å². The first-order valence-electron chi connectivity index (χ1n) is 7.94. The van der Waals surface area contributed by atoms with E-state index in [0.717, 1.165) is 37.2 Å². The van der Waals surface area contributed by atoms with Crippen molar-refractivity contribution in [2.24, 2.45) is 0 Å². The number of hydrogen-bond donors (Lipinski definition) is 1. The second kappa shape index (κ2) is 5.83. The van der Waals surface area contributed by atoms with Gasteiger partial charge in [0.1, 0.15) is 0 Å².